The van der Waals surface area contributed by atoms with Crippen molar-refractivity contribution < 1.29 is 49.6 Å². The van der Waals surface area contributed by atoms with Gasteiger partial charge in [0, 0.05) is 18.1 Å². The molecule has 1 saturated heterocycles. The second-order valence-electron chi connectivity index (χ2n) is 7.58. The Balaban J connectivity index is 1.80. The maximum atomic E-state index is 12.4. The summed E-state index contributed by atoms with van der Waals surface area (Å²) in [5.74, 6) is -0.749. The Bertz CT molecular complexity index is 854. The number of aliphatic hydroxyl groups is 6. The van der Waals surface area contributed by atoms with E-state index in [2.05, 4.69) is 0 Å². The zero-order valence-electron chi connectivity index (χ0n) is 16.8. The Morgan fingerprint density at radius 2 is 1.78 bits per heavy atom. The van der Waals surface area contributed by atoms with E-state index < -0.39 is 67.7 Å². The van der Waals surface area contributed by atoms with Crippen molar-refractivity contribution in [2.45, 2.75) is 61.5 Å². The number of hydrogen-bond donors (Lipinski definition) is 6. The Labute approximate surface area is 183 Å². The van der Waals surface area contributed by atoms with Crippen LogP contribution in [0.15, 0.2) is 42.0 Å². The van der Waals surface area contributed by atoms with Gasteiger partial charge >= 0.3 is 5.97 Å². The monoisotopic (exact) mass is 451 g/mol. The van der Waals surface area contributed by atoms with Crippen LogP contribution in [-0.4, -0.2) is 98.3 Å². The average Bonchev–Trinajstić information content (AvgIpc) is 2.80. The van der Waals surface area contributed by atoms with E-state index in [9.17, 15) is 35.4 Å². The van der Waals surface area contributed by atoms with Gasteiger partial charge < -0.3 is 44.8 Å². The van der Waals surface area contributed by atoms with E-state index in [1.165, 1.54) is 12.1 Å². The topological polar surface area (TPSA) is 190 Å². The van der Waals surface area contributed by atoms with Gasteiger partial charge in [-0.05, 0) is 12.1 Å². The number of nitriles is 1. The summed E-state index contributed by atoms with van der Waals surface area (Å²) in [5.41, 5.74) is 0.169. The molecule has 1 aliphatic carbocycles. The van der Waals surface area contributed by atoms with Gasteiger partial charge in [-0.25, -0.2) is 4.79 Å². The maximum Gasteiger partial charge on any atom is 0.338 e. The van der Waals surface area contributed by atoms with Crippen LogP contribution in [0.3, 0.4) is 0 Å². The molecule has 0 radical (unpaired) electrons. The third kappa shape index (κ3) is 4.98. The Hall–Kier alpha value is -2.40. The number of carbonyl (C=O) groups excluding carboxylic acids is 1. The van der Waals surface area contributed by atoms with Gasteiger partial charge in [-0.1, -0.05) is 18.2 Å². The van der Waals surface area contributed by atoms with Crippen molar-refractivity contribution in [1.29, 1.82) is 5.26 Å². The van der Waals surface area contributed by atoms with Crippen molar-refractivity contribution >= 4 is 5.97 Å². The number of ether oxygens (including phenoxy) is 3. The number of rotatable bonds is 5. The average molecular weight is 451 g/mol. The van der Waals surface area contributed by atoms with Crippen molar-refractivity contribution in [3.05, 3.63) is 47.5 Å². The molecule has 0 bridgehead atoms. The van der Waals surface area contributed by atoms with Crippen LogP contribution in [0.25, 0.3) is 0 Å². The van der Waals surface area contributed by atoms with Crippen molar-refractivity contribution in [3.63, 3.8) is 0 Å². The molecular formula is C21H25NO10. The lowest BCUT2D eigenvalue weighted by atomic mass is 9.84. The summed E-state index contributed by atoms with van der Waals surface area (Å²) in [6, 6.07) is 9.71. The quantitative estimate of drug-likeness (QED) is 0.214. The molecular weight excluding hydrogens is 426 g/mol. The lowest BCUT2D eigenvalue weighted by Crippen LogP contribution is -2.60. The fourth-order valence-electron chi connectivity index (χ4n) is 3.70. The number of nitrogens with zero attached hydrogens (tertiary/aromatic N) is 1. The standard InChI is InChI=1S/C21H25NO10/c22-7-6-11-12(31-21-19(28)18(27)17(26)14(9-23)32-21)8-13(16(25)15(11)24)30-20(29)10-4-2-1-3-5-10/h1-6,12-19,21,23-28H,8-9H2/b11-6+/t12-,13+,14-,15+,16+,17-,18+,19-,21-/m1/s1. The first kappa shape index (κ1) is 24.2. The van der Waals surface area contributed by atoms with Crippen LogP contribution in [0.5, 0.6) is 0 Å². The molecule has 0 spiro atoms. The lowest BCUT2D eigenvalue weighted by molar-refractivity contribution is -0.312. The zero-order chi connectivity index (χ0) is 23.4. The molecule has 11 heteroatoms. The van der Waals surface area contributed by atoms with Crippen molar-refractivity contribution in [2.24, 2.45) is 0 Å². The van der Waals surface area contributed by atoms with Gasteiger partial charge in [-0.15, -0.1) is 0 Å². The summed E-state index contributed by atoms with van der Waals surface area (Å²) < 4.78 is 16.3. The van der Waals surface area contributed by atoms with Gasteiger partial charge in [-0.3, -0.25) is 0 Å². The minimum absolute atomic E-state index is 0.0519. The largest absolute Gasteiger partial charge is 0.456 e. The highest BCUT2D eigenvalue weighted by atomic mass is 16.7. The molecule has 1 saturated carbocycles. The van der Waals surface area contributed by atoms with Gasteiger partial charge in [0.1, 0.15) is 42.7 Å². The second-order valence-corrected chi connectivity index (χ2v) is 7.58. The lowest BCUT2D eigenvalue weighted by Gasteiger charge is -2.43. The predicted octanol–water partition coefficient (Wildman–Crippen LogP) is -2.03. The molecule has 11 nitrogen and oxygen atoms in total. The van der Waals surface area contributed by atoms with E-state index in [0.717, 1.165) is 6.08 Å². The number of allylic oxidation sites excluding steroid dienone is 1. The van der Waals surface area contributed by atoms with E-state index in [1.54, 1.807) is 24.3 Å². The summed E-state index contributed by atoms with van der Waals surface area (Å²) in [4.78, 5) is 12.4. The third-order valence-corrected chi connectivity index (χ3v) is 5.51. The number of esters is 1. The van der Waals surface area contributed by atoms with Crippen LogP contribution < -0.4 is 0 Å². The van der Waals surface area contributed by atoms with Gasteiger partial charge in [0.05, 0.1) is 24.3 Å². The molecule has 1 aromatic carbocycles. The smallest absolute Gasteiger partial charge is 0.338 e. The van der Waals surface area contributed by atoms with E-state index >= 15 is 0 Å². The molecule has 2 aliphatic rings. The molecule has 3 rings (SSSR count). The Morgan fingerprint density at radius 3 is 2.41 bits per heavy atom. The van der Waals surface area contributed by atoms with Gasteiger partial charge in [0.15, 0.2) is 6.29 Å². The van der Waals surface area contributed by atoms with Gasteiger partial charge in [0.25, 0.3) is 0 Å². The van der Waals surface area contributed by atoms with Crippen LogP contribution in [0, 0.1) is 11.3 Å². The minimum Gasteiger partial charge on any atom is -0.456 e. The summed E-state index contributed by atoms with van der Waals surface area (Å²) in [6.07, 6.45) is -12.6. The fraction of sp³-hybridized carbons (Fsp3) is 0.524. The zero-order valence-corrected chi connectivity index (χ0v) is 16.8. The van der Waals surface area contributed by atoms with Crippen LogP contribution >= 0.6 is 0 Å². The van der Waals surface area contributed by atoms with Crippen LogP contribution in [0.2, 0.25) is 0 Å². The molecule has 1 heterocycles. The van der Waals surface area contributed by atoms with E-state index in [0.29, 0.717) is 0 Å². The third-order valence-electron chi connectivity index (χ3n) is 5.51. The number of hydrogen-bond acceptors (Lipinski definition) is 11. The SMILES string of the molecule is N#C/C=C1\[C@H](O[C@@H]2O[C@H](CO)[C@@H](O)[C@H](O)[C@H]2O)C[C@H](OC(=O)c2ccccc2)[C@H](O)[C@H]1O. The predicted molar refractivity (Wildman–Crippen MR) is 105 cm³/mol. The van der Waals surface area contributed by atoms with E-state index in [1.807, 2.05) is 0 Å². The van der Waals surface area contributed by atoms with Gasteiger partial charge in [0.2, 0.25) is 0 Å². The number of carbonyl (C=O) groups is 1. The molecule has 0 amide bonds. The van der Waals surface area contributed by atoms with Crippen molar-refractivity contribution in [3.8, 4) is 6.07 Å². The number of benzene rings is 1. The highest BCUT2D eigenvalue weighted by Gasteiger charge is 2.48. The molecule has 174 valence electrons. The highest BCUT2D eigenvalue weighted by molar-refractivity contribution is 5.89. The first-order valence-corrected chi connectivity index (χ1v) is 9.96. The molecule has 2 fully saturated rings. The summed E-state index contributed by atoms with van der Waals surface area (Å²) in [7, 11) is 0. The first-order valence-electron chi connectivity index (χ1n) is 9.96. The summed E-state index contributed by atoms with van der Waals surface area (Å²) in [5, 5.41) is 69.4. The number of aliphatic hydroxyl groups excluding tert-OH is 6. The summed E-state index contributed by atoms with van der Waals surface area (Å²) in [6.45, 7) is -0.672. The first-order chi connectivity index (χ1) is 15.3. The molecule has 0 unspecified atom stereocenters. The Kier molecular flexibility index (Phi) is 7.94. The summed E-state index contributed by atoms with van der Waals surface area (Å²) >= 11 is 0. The van der Waals surface area contributed by atoms with E-state index in [-0.39, 0.29) is 17.6 Å². The fourth-order valence-corrected chi connectivity index (χ4v) is 3.70. The highest BCUT2D eigenvalue weighted by Crippen LogP contribution is 2.33. The Morgan fingerprint density at radius 1 is 1.09 bits per heavy atom. The minimum atomic E-state index is -1.72. The molecule has 1 aromatic rings. The molecule has 0 aromatic heterocycles. The molecule has 9 atom stereocenters. The molecule has 6 N–H and O–H groups in total. The van der Waals surface area contributed by atoms with Crippen LogP contribution in [-0.2, 0) is 14.2 Å². The maximum absolute atomic E-state index is 12.4. The molecule has 1 aliphatic heterocycles. The van der Waals surface area contributed by atoms with Crippen LogP contribution in [0.4, 0.5) is 0 Å². The molecule has 32 heavy (non-hydrogen) atoms. The van der Waals surface area contributed by atoms with Crippen molar-refractivity contribution in [1.82, 2.24) is 0 Å². The van der Waals surface area contributed by atoms with E-state index in [4.69, 9.17) is 19.5 Å². The normalized spacial score (nSPS) is 38.8. The second kappa shape index (κ2) is 10.5. The van der Waals surface area contributed by atoms with Crippen LogP contribution in [0.1, 0.15) is 16.8 Å². The van der Waals surface area contributed by atoms with Crippen molar-refractivity contribution in [2.75, 3.05) is 6.61 Å². The van der Waals surface area contributed by atoms with Gasteiger partial charge in [-0.2, -0.15) is 5.26 Å².